The average molecular weight is 683 g/mol. The van der Waals surface area contributed by atoms with E-state index in [0.29, 0.717) is 30.5 Å². The Hall–Kier alpha value is -3.60. The number of benzene rings is 2. The second-order valence-corrected chi connectivity index (χ2v) is 14.4. The molecule has 266 valence electrons. The zero-order chi connectivity index (χ0) is 34.5. The van der Waals surface area contributed by atoms with Crippen LogP contribution in [-0.4, -0.2) is 56.5 Å². The van der Waals surface area contributed by atoms with Crippen LogP contribution in [0.2, 0.25) is 0 Å². The maximum atomic E-state index is 13.4. The number of alkyl halides is 3. The van der Waals surface area contributed by atoms with Crippen LogP contribution in [0.25, 0.3) is 0 Å². The number of likely N-dealkylation sites (tertiary alicyclic amines) is 1. The highest BCUT2D eigenvalue weighted by molar-refractivity contribution is 5.71. The van der Waals surface area contributed by atoms with Gasteiger partial charge >= 0.3 is 12.3 Å². The Kier molecular flexibility index (Phi) is 11.2. The molecule has 1 aliphatic carbocycles. The van der Waals surface area contributed by atoms with Crippen molar-refractivity contribution >= 4 is 5.97 Å². The Bertz CT molecular complexity index is 1560. The van der Waals surface area contributed by atoms with Gasteiger partial charge < -0.3 is 14.6 Å². The molecule has 1 saturated heterocycles. The van der Waals surface area contributed by atoms with Crippen molar-refractivity contribution in [2.24, 2.45) is 17.8 Å². The smallest absolute Gasteiger partial charge is 0.490 e. The van der Waals surface area contributed by atoms with Gasteiger partial charge in [-0.05, 0) is 117 Å². The monoisotopic (exact) mass is 682 g/mol. The molecule has 2 fully saturated rings. The number of carbonyl (C=O) groups is 1. The lowest BCUT2D eigenvalue weighted by atomic mass is 9.81. The quantitative estimate of drug-likeness (QED) is 0.162. The fourth-order valence-electron chi connectivity index (χ4n) is 7.78. The van der Waals surface area contributed by atoms with Crippen molar-refractivity contribution in [1.82, 2.24) is 19.9 Å². The van der Waals surface area contributed by atoms with Gasteiger partial charge in [-0.25, -0.2) is 4.68 Å². The highest BCUT2D eigenvalue weighted by atomic mass is 19.4. The SMILES string of the molecule is CCCCCCc1cn(Cc2ccc(OC(F)(F)F)c(CN3CCC([C@H]4CCc5ccc([C@H](C6CC6)[C@H](C)C(=O)O)cc5O4)CC3)c2)nn1. The number of aryl methyl sites for hydroxylation is 2. The molecule has 3 aliphatic rings. The third kappa shape index (κ3) is 9.35. The fourth-order valence-corrected chi connectivity index (χ4v) is 7.78. The normalized spacial score (nSPS) is 20.0. The van der Waals surface area contributed by atoms with E-state index in [0.717, 1.165) is 93.4 Å². The van der Waals surface area contributed by atoms with Gasteiger partial charge in [-0.1, -0.05) is 56.5 Å². The molecule has 0 unspecified atom stereocenters. The summed E-state index contributed by atoms with van der Waals surface area (Å²) in [5.41, 5.74) is 4.50. The van der Waals surface area contributed by atoms with Gasteiger partial charge in [0.1, 0.15) is 17.6 Å². The van der Waals surface area contributed by atoms with Crippen LogP contribution in [0.15, 0.2) is 42.6 Å². The zero-order valence-corrected chi connectivity index (χ0v) is 28.6. The Morgan fingerprint density at radius 3 is 2.55 bits per heavy atom. The molecule has 3 heterocycles. The van der Waals surface area contributed by atoms with E-state index in [-0.39, 0.29) is 17.8 Å². The van der Waals surface area contributed by atoms with Crippen LogP contribution in [0.5, 0.6) is 11.5 Å². The molecule has 1 saturated carbocycles. The van der Waals surface area contributed by atoms with Gasteiger partial charge in [-0.3, -0.25) is 9.69 Å². The fraction of sp³-hybridized carbons (Fsp3) is 0.605. The van der Waals surface area contributed by atoms with E-state index in [4.69, 9.17) is 4.74 Å². The second-order valence-electron chi connectivity index (χ2n) is 14.4. The van der Waals surface area contributed by atoms with Crippen LogP contribution < -0.4 is 9.47 Å². The molecule has 6 rings (SSSR count). The first kappa shape index (κ1) is 35.2. The average Bonchev–Trinajstić information content (AvgIpc) is 3.81. The molecule has 0 spiro atoms. The van der Waals surface area contributed by atoms with E-state index < -0.39 is 18.2 Å². The Morgan fingerprint density at radius 2 is 1.84 bits per heavy atom. The second kappa shape index (κ2) is 15.5. The van der Waals surface area contributed by atoms with Crippen LogP contribution in [-0.2, 0) is 30.7 Å². The van der Waals surface area contributed by atoms with Gasteiger partial charge in [0.05, 0.1) is 18.2 Å². The predicted octanol–water partition coefficient (Wildman–Crippen LogP) is 8.17. The number of ether oxygens (including phenoxy) is 2. The molecule has 2 aromatic carbocycles. The van der Waals surface area contributed by atoms with Gasteiger partial charge in [0, 0.05) is 18.3 Å². The molecule has 1 N–H and O–H groups in total. The van der Waals surface area contributed by atoms with Crippen LogP contribution in [0.1, 0.15) is 106 Å². The summed E-state index contributed by atoms with van der Waals surface area (Å²) in [6.45, 7) is 6.25. The third-order valence-electron chi connectivity index (χ3n) is 10.6. The number of rotatable bonds is 15. The third-order valence-corrected chi connectivity index (χ3v) is 10.6. The number of hydrogen-bond donors (Lipinski definition) is 1. The number of carboxylic acids is 1. The molecule has 2 aliphatic heterocycles. The van der Waals surface area contributed by atoms with Crippen molar-refractivity contribution in [3.63, 3.8) is 0 Å². The summed E-state index contributed by atoms with van der Waals surface area (Å²) in [4.78, 5) is 14.1. The molecule has 49 heavy (non-hydrogen) atoms. The summed E-state index contributed by atoms with van der Waals surface area (Å²) in [5, 5.41) is 18.3. The molecular weight excluding hydrogens is 633 g/mol. The van der Waals surface area contributed by atoms with Gasteiger partial charge in [0.25, 0.3) is 0 Å². The van der Waals surface area contributed by atoms with Gasteiger partial charge in [-0.15, -0.1) is 18.3 Å². The first-order valence-corrected chi connectivity index (χ1v) is 18.1. The number of fused-ring (bicyclic) bond motifs is 1. The Labute approximate surface area is 287 Å². The number of carboxylic acid groups (broad SMARTS) is 1. The Balaban J connectivity index is 1.07. The van der Waals surface area contributed by atoms with Crippen molar-refractivity contribution in [2.75, 3.05) is 13.1 Å². The first-order chi connectivity index (χ1) is 23.6. The van der Waals surface area contributed by atoms with E-state index in [1.807, 2.05) is 6.20 Å². The molecule has 0 radical (unpaired) electrons. The summed E-state index contributed by atoms with van der Waals surface area (Å²) in [6.07, 6.45) is 8.40. The van der Waals surface area contributed by atoms with E-state index >= 15 is 0 Å². The summed E-state index contributed by atoms with van der Waals surface area (Å²) in [5.74, 6) is 0.245. The number of hydrogen-bond acceptors (Lipinski definition) is 6. The maximum absolute atomic E-state index is 13.4. The first-order valence-electron chi connectivity index (χ1n) is 18.1. The molecule has 8 nitrogen and oxygen atoms in total. The summed E-state index contributed by atoms with van der Waals surface area (Å²) in [7, 11) is 0. The largest absolute Gasteiger partial charge is 0.573 e. The molecule has 3 atom stereocenters. The molecule has 0 amide bonds. The van der Waals surface area contributed by atoms with E-state index in [2.05, 4.69) is 45.1 Å². The molecule has 3 aromatic rings. The maximum Gasteiger partial charge on any atom is 0.573 e. The van der Waals surface area contributed by atoms with Crippen molar-refractivity contribution in [1.29, 1.82) is 0 Å². The number of nitrogens with zero attached hydrogens (tertiary/aromatic N) is 4. The van der Waals surface area contributed by atoms with Crippen LogP contribution >= 0.6 is 0 Å². The summed E-state index contributed by atoms with van der Waals surface area (Å²) >= 11 is 0. The standard InChI is InChI=1S/C38H49F3N4O4/c1-3-4-5-6-7-32-24-45(43-42-32)22-26-8-14-34(49-38(39,40)41)31(20-26)23-44-18-16-28(17-19-44)33-15-13-27-9-12-30(21-35(27)48-33)36(29-10-11-29)25(2)37(46)47/h8-9,12,14,20-21,24-25,28-29,33,36H,3-7,10-11,13,15-19,22-23H2,1-2H3,(H,46,47)/t25-,33+,36-/m0/s1. The van der Waals surface area contributed by atoms with Crippen LogP contribution in [0, 0.1) is 17.8 Å². The number of unbranched alkanes of at least 4 members (excludes halogenated alkanes) is 3. The van der Waals surface area contributed by atoms with Crippen molar-refractivity contribution < 1.29 is 32.5 Å². The number of halogens is 3. The highest BCUT2D eigenvalue weighted by Crippen LogP contribution is 2.48. The topological polar surface area (TPSA) is 89.7 Å². The lowest BCUT2D eigenvalue weighted by Crippen LogP contribution is -2.40. The number of aliphatic carboxylic acids is 1. The van der Waals surface area contributed by atoms with Gasteiger partial charge in [0.2, 0.25) is 0 Å². The van der Waals surface area contributed by atoms with E-state index in [1.165, 1.54) is 24.5 Å². The van der Waals surface area contributed by atoms with Crippen molar-refractivity contribution in [2.45, 2.75) is 116 Å². The summed E-state index contributed by atoms with van der Waals surface area (Å²) in [6, 6.07) is 11.2. The molecule has 11 heteroatoms. The molecule has 0 bridgehead atoms. The molecule has 1 aromatic heterocycles. The van der Waals surface area contributed by atoms with E-state index in [9.17, 15) is 23.1 Å². The van der Waals surface area contributed by atoms with E-state index in [1.54, 1.807) is 23.7 Å². The minimum Gasteiger partial charge on any atom is -0.490 e. The van der Waals surface area contributed by atoms with Crippen LogP contribution in [0.4, 0.5) is 13.2 Å². The Morgan fingerprint density at radius 1 is 1.04 bits per heavy atom. The minimum atomic E-state index is -4.78. The van der Waals surface area contributed by atoms with Crippen molar-refractivity contribution in [3.05, 3.63) is 70.5 Å². The minimum absolute atomic E-state index is 0.00580. The lowest BCUT2D eigenvalue weighted by Gasteiger charge is -2.38. The summed E-state index contributed by atoms with van der Waals surface area (Å²) < 4.78 is 52.9. The predicted molar refractivity (Wildman–Crippen MR) is 180 cm³/mol. The highest BCUT2D eigenvalue weighted by Gasteiger charge is 2.40. The molecular formula is C38H49F3N4O4. The van der Waals surface area contributed by atoms with Crippen LogP contribution in [0.3, 0.4) is 0 Å². The number of aromatic nitrogens is 3. The zero-order valence-electron chi connectivity index (χ0n) is 28.6. The lowest BCUT2D eigenvalue weighted by molar-refractivity contribution is -0.275. The van der Waals surface area contributed by atoms with Crippen molar-refractivity contribution in [3.8, 4) is 11.5 Å². The number of piperidine rings is 1. The van der Waals surface area contributed by atoms with Gasteiger partial charge in [-0.2, -0.15) is 0 Å². The van der Waals surface area contributed by atoms with Gasteiger partial charge in [0.15, 0.2) is 0 Å².